The monoisotopic (exact) mass is 403 g/mol. The summed E-state index contributed by atoms with van der Waals surface area (Å²) in [5, 5.41) is 10.8. The average Bonchev–Trinajstić information content (AvgIpc) is 2.88. The van der Waals surface area contributed by atoms with E-state index >= 15 is 0 Å². The Labute approximate surface area is 171 Å². The highest BCUT2D eigenvalue weighted by Crippen LogP contribution is 2.48. The third kappa shape index (κ3) is 4.27. The van der Waals surface area contributed by atoms with Crippen LogP contribution in [0.4, 0.5) is 0 Å². The van der Waals surface area contributed by atoms with Crippen molar-refractivity contribution in [3.63, 3.8) is 0 Å². The summed E-state index contributed by atoms with van der Waals surface area (Å²) in [5.41, 5.74) is 2.46. The minimum Gasteiger partial charge on any atom is -0.481 e. The number of nitrogens with zero attached hydrogens (tertiary/aromatic N) is 1. The predicted octanol–water partition coefficient (Wildman–Crippen LogP) is 6.17. The Bertz CT molecular complexity index is 880. The van der Waals surface area contributed by atoms with Gasteiger partial charge in [-0.2, -0.15) is 0 Å². The molecule has 0 saturated heterocycles. The Hall–Kier alpha value is -1.81. The Morgan fingerprint density at radius 3 is 2.54 bits per heavy atom. The maximum atomic E-state index is 13.4. The first-order valence-corrected chi connectivity index (χ1v) is 10.8. The fourth-order valence-electron chi connectivity index (χ4n) is 4.64. The first-order valence-electron chi connectivity index (χ1n) is 10.4. The molecule has 1 aliphatic carbocycles. The van der Waals surface area contributed by atoms with E-state index in [4.69, 9.17) is 11.6 Å². The topological polar surface area (TPSA) is 59.3 Å². The van der Waals surface area contributed by atoms with E-state index < -0.39 is 5.97 Å². The van der Waals surface area contributed by atoms with Gasteiger partial charge in [0.15, 0.2) is 5.78 Å². The number of hydrogen-bond donors (Lipinski definition) is 1. The summed E-state index contributed by atoms with van der Waals surface area (Å²) in [6.45, 7) is 2.19. The summed E-state index contributed by atoms with van der Waals surface area (Å²) >= 11 is 6.24. The fraction of sp³-hybridized carbons (Fsp3) is 0.565. The molecule has 1 aromatic carbocycles. The second-order valence-corrected chi connectivity index (χ2v) is 8.81. The van der Waals surface area contributed by atoms with Crippen molar-refractivity contribution in [2.75, 3.05) is 0 Å². The van der Waals surface area contributed by atoms with E-state index in [2.05, 4.69) is 11.5 Å². The van der Waals surface area contributed by atoms with Crippen LogP contribution in [0.25, 0.3) is 10.9 Å². The molecule has 2 aromatic rings. The summed E-state index contributed by atoms with van der Waals surface area (Å²) in [7, 11) is 2.01. The number of aryl methyl sites for hydroxylation is 1. The van der Waals surface area contributed by atoms with Crippen LogP contribution in [0, 0.1) is 5.41 Å². The molecule has 1 fully saturated rings. The van der Waals surface area contributed by atoms with Crippen LogP contribution < -0.4 is 0 Å². The van der Waals surface area contributed by atoms with Crippen LogP contribution in [0.2, 0.25) is 5.02 Å². The van der Waals surface area contributed by atoms with Gasteiger partial charge in [-0.25, -0.2) is 0 Å². The summed E-state index contributed by atoms with van der Waals surface area (Å²) in [6.07, 6.45) is 8.46. The van der Waals surface area contributed by atoms with Crippen LogP contribution in [-0.4, -0.2) is 21.4 Å². The molecule has 0 aliphatic heterocycles. The third-order valence-corrected chi connectivity index (χ3v) is 6.54. The van der Waals surface area contributed by atoms with Gasteiger partial charge in [0.1, 0.15) is 0 Å². The Balaban J connectivity index is 1.96. The number of hydrogen-bond acceptors (Lipinski definition) is 2. The van der Waals surface area contributed by atoms with Crippen molar-refractivity contribution >= 4 is 34.3 Å². The van der Waals surface area contributed by atoms with Crippen LogP contribution in [0.5, 0.6) is 0 Å². The molecule has 0 unspecified atom stereocenters. The first kappa shape index (κ1) is 20.9. The molecule has 4 nitrogen and oxygen atoms in total. The molecule has 1 aromatic heterocycles. The maximum absolute atomic E-state index is 13.4. The standard InChI is InChI=1S/C23H30ClNO3/c1-3-4-5-6-8-19-22(17-13-16(24)9-10-18(17)25(19)2)20(26)14-23(11-7-12-23)15-21(27)28/h9-10,13H,3-8,11-12,14-15H2,1-2H3,(H,27,28). The number of Topliss-reactive ketones (excluding diaryl/α,β-unsaturated/α-hetero) is 1. The van der Waals surface area contributed by atoms with Crippen molar-refractivity contribution in [3.8, 4) is 0 Å². The van der Waals surface area contributed by atoms with Crippen molar-refractivity contribution in [1.29, 1.82) is 0 Å². The highest BCUT2D eigenvalue weighted by molar-refractivity contribution is 6.31. The van der Waals surface area contributed by atoms with E-state index in [-0.39, 0.29) is 17.6 Å². The molecule has 152 valence electrons. The van der Waals surface area contributed by atoms with E-state index in [9.17, 15) is 14.7 Å². The zero-order chi connectivity index (χ0) is 20.3. The number of carbonyl (C=O) groups is 2. The largest absolute Gasteiger partial charge is 0.481 e. The van der Waals surface area contributed by atoms with Gasteiger partial charge in [-0.05, 0) is 49.3 Å². The number of aromatic nitrogens is 1. The van der Waals surface area contributed by atoms with Gasteiger partial charge in [0.2, 0.25) is 0 Å². The minimum absolute atomic E-state index is 0.0688. The molecule has 1 saturated carbocycles. The van der Waals surface area contributed by atoms with Crippen molar-refractivity contribution in [2.45, 2.75) is 71.1 Å². The van der Waals surface area contributed by atoms with Gasteiger partial charge in [-0.15, -0.1) is 0 Å². The number of rotatable bonds is 10. The van der Waals surface area contributed by atoms with Crippen LogP contribution in [0.1, 0.15) is 80.8 Å². The number of fused-ring (bicyclic) bond motifs is 1. The minimum atomic E-state index is -0.812. The number of carboxylic acids is 1. The zero-order valence-electron chi connectivity index (χ0n) is 16.9. The number of aliphatic carboxylic acids is 1. The lowest BCUT2D eigenvalue weighted by Gasteiger charge is -2.40. The van der Waals surface area contributed by atoms with E-state index in [1.165, 1.54) is 12.8 Å². The van der Waals surface area contributed by atoms with Gasteiger partial charge < -0.3 is 9.67 Å². The lowest BCUT2D eigenvalue weighted by molar-refractivity contribution is -0.141. The van der Waals surface area contributed by atoms with Gasteiger partial charge in [-0.1, -0.05) is 44.2 Å². The van der Waals surface area contributed by atoms with E-state index in [1.54, 1.807) is 0 Å². The number of unbranched alkanes of at least 4 members (excludes halogenated alkanes) is 3. The number of carboxylic acid groups (broad SMARTS) is 1. The summed E-state index contributed by atoms with van der Waals surface area (Å²) < 4.78 is 2.12. The molecule has 0 radical (unpaired) electrons. The molecule has 0 amide bonds. The fourth-order valence-corrected chi connectivity index (χ4v) is 4.81. The highest BCUT2D eigenvalue weighted by atomic mass is 35.5. The van der Waals surface area contributed by atoms with Gasteiger partial charge in [0.05, 0.1) is 6.42 Å². The molecule has 3 rings (SSSR count). The van der Waals surface area contributed by atoms with E-state index in [0.717, 1.165) is 60.7 Å². The first-order chi connectivity index (χ1) is 13.4. The molecule has 5 heteroatoms. The molecular weight excluding hydrogens is 374 g/mol. The highest BCUT2D eigenvalue weighted by Gasteiger charge is 2.41. The van der Waals surface area contributed by atoms with Crippen LogP contribution >= 0.6 is 11.6 Å². The van der Waals surface area contributed by atoms with Crippen molar-refractivity contribution < 1.29 is 14.7 Å². The molecule has 1 aliphatic rings. The summed E-state index contributed by atoms with van der Waals surface area (Å²) in [4.78, 5) is 24.8. The lowest BCUT2D eigenvalue weighted by Crippen LogP contribution is -2.34. The molecule has 1 N–H and O–H groups in total. The number of halogens is 1. The Morgan fingerprint density at radius 1 is 1.18 bits per heavy atom. The van der Waals surface area contributed by atoms with Gasteiger partial charge >= 0.3 is 5.97 Å². The summed E-state index contributed by atoms with van der Waals surface area (Å²) in [5.74, 6) is -0.743. The van der Waals surface area contributed by atoms with Crippen LogP contribution in [0.3, 0.4) is 0 Å². The van der Waals surface area contributed by atoms with Crippen molar-refractivity contribution in [1.82, 2.24) is 4.57 Å². The Morgan fingerprint density at radius 2 is 1.93 bits per heavy atom. The second-order valence-electron chi connectivity index (χ2n) is 8.38. The van der Waals surface area contributed by atoms with Crippen LogP contribution in [-0.2, 0) is 18.3 Å². The molecule has 28 heavy (non-hydrogen) atoms. The zero-order valence-corrected chi connectivity index (χ0v) is 17.6. The van der Waals surface area contributed by atoms with E-state index in [1.807, 2.05) is 25.2 Å². The predicted molar refractivity (Wildman–Crippen MR) is 113 cm³/mol. The second kappa shape index (κ2) is 8.69. The molecule has 0 atom stereocenters. The number of carbonyl (C=O) groups excluding carboxylic acids is 1. The average molecular weight is 404 g/mol. The van der Waals surface area contributed by atoms with E-state index in [0.29, 0.717) is 11.4 Å². The van der Waals surface area contributed by atoms with Crippen molar-refractivity contribution in [2.24, 2.45) is 12.5 Å². The molecule has 0 bridgehead atoms. The summed E-state index contributed by atoms with van der Waals surface area (Å²) in [6, 6.07) is 5.71. The van der Waals surface area contributed by atoms with Gasteiger partial charge in [-0.3, -0.25) is 9.59 Å². The number of benzene rings is 1. The van der Waals surface area contributed by atoms with Gasteiger partial charge in [0.25, 0.3) is 0 Å². The quantitative estimate of drug-likeness (QED) is 0.381. The van der Waals surface area contributed by atoms with Gasteiger partial charge in [0, 0.05) is 40.7 Å². The smallest absolute Gasteiger partial charge is 0.303 e. The lowest BCUT2D eigenvalue weighted by atomic mass is 9.63. The SMILES string of the molecule is CCCCCCc1c(C(=O)CC2(CC(=O)O)CCC2)c2cc(Cl)ccc2n1C. The maximum Gasteiger partial charge on any atom is 0.303 e. The third-order valence-electron chi connectivity index (χ3n) is 6.30. The molecular formula is C23H30ClNO3. The van der Waals surface area contributed by atoms with Crippen LogP contribution in [0.15, 0.2) is 18.2 Å². The molecule has 1 heterocycles. The van der Waals surface area contributed by atoms with Crippen molar-refractivity contribution in [3.05, 3.63) is 34.5 Å². The normalized spacial score (nSPS) is 15.5. The number of ketones is 1. The molecule has 0 spiro atoms. The Kier molecular flexibility index (Phi) is 6.49.